The average Bonchev–Trinajstić information content (AvgIpc) is 3.03. The standard InChI is InChI=1S/C17H26N2O3/c1-14(20)16(12-19-10-6-7-11-19)18(2)17(21)22-13-15-8-4-3-5-9-15/h3-5,8-9,14,16,20H,6-7,10-13H2,1-2H3. The number of nitrogens with zero attached hydrogens (tertiary/aromatic N) is 2. The number of hydrogen-bond donors (Lipinski definition) is 1. The highest BCUT2D eigenvalue weighted by Crippen LogP contribution is 2.13. The Hall–Kier alpha value is -1.59. The molecule has 1 aliphatic rings. The van der Waals surface area contributed by atoms with Gasteiger partial charge < -0.3 is 19.6 Å². The van der Waals surface area contributed by atoms with E-state index in [4.69, 9.17) is 4.74 Å². The average molecular weight is 306 g/mol. The summed E-state index contributed by atoms with van der Waals surface area (Å²) >= 11 is 0. The Kier molecular flexibility index (Phi) is 6.21. The van der Waals surface area contributed by atoms with E-state index in [0.29, 0.717) is 6.54 Å². The molecule has 5 heteroatoms. The molecular weight excluding hydrogens is 280 g/mol. The molecule has 1 heterocycles. The number of likely N-dealkylation sites (tertiary alicyclic amines) is 1. The molecule has 1 aromatic carbocycles. The first-order chi connectivity index (χ1) is 10.6. The van der Waals surface area contributed by atoms with Crippen LogP contribution in [-0.4, -0.2) is 59.8 Å². The number of aliphatic hydroxyl groups is 1. The van der Waals surface area contributed by atoms with Crippen LogP contribution in [-0.2, 0) is 11.3 Å². The molecule has 1 N–H and O–H groups in total. The summed E-state index contributed by atoms with van der Waals surface area (Å²) in [6.45, 7) is 4.74. The topological polar surface area (TPSA) is 53.0 Å². The van der Waals surface area contributed by atoms with E-state index in [9.17, 15) is 9.90 Å². The van der Waals surface area contributed by atoms with Crippen molar-refractivity contribution in [2.45, 2.75) is 38.5 Å². The van der Waals surface area contributed by atoms with Gasteiger partial charge in [-0.3, -0.25) is 0 Å². The summed E-state index contributed by atoms with van der Waals surface area (Å²) in [5.41, 5.74) is 0.956. The molecule has 1 aliphatic heterocycles. The largest absolute Gasteiger partial charge is 0.445 e. The third kappa shape index (κ3) is 4.71. The maximum absolute atomic E-state index is 12.2. The first-order valence-corrected chi connectivity index (χ1v) is 7.92. The van der Waals surface area contributed by atoms with Gasteiger partial charge in [-0.05, 0) is 38.4 Å². The molecule has 22 heavy (non-hydrogen) atoms. The van der Waals surface area contributed by atoms with Crippen molar-refractivity contribution >= 4 is 6.09 Å². The van der Waals surface area contributed by atoms with Crippen LogP contribution < -0.4 is 0 Å². The normalized spacial score (nSPS) is 18.0. The quantitative estimate of drug-likeness (QED) is 0.874. The van der Waals surface area contributed by atoms with Gasteiger partial charge >= 0.3 is 6.09 Å². The minimum absolute atomic E-state index is 0.249. The summed E-state index contributed by atoms with van der Waals surface area (Å²) in [6, 6.07) is 9.35. The zero-order valence-electron chi connectivity index (χ0n) is 13.4. The van der Waals surface area contributed by atoms with Gasteiger partial charge in [-0.2, -0.15) is 0 Å². The number of benzene rings is 1. The van der Waals surface area contributed by atoms with Gasteiger partial charge in [0.15, 0.2) is 0 Å². The predicted octanol–water partition coefficient (Wildman–Crippen LogP) is 2.10. The van der Waals surface area contributed by atoms with Crippen molar-refractivity contribution in [1.29, 1.82) is 0 Å². The zero-order chi connectivity index (χ0) is 15.9. The summed E-state index contributed by atoms with van der Waals surface area (Å²) in [5.74, 6) is 0. The lowest BCUT2D eigenvalue weighted by atomic mass is 10.1. The molecule has 1 amide bonds. The SMILES string of the molecule is CC(O)C(CN1CCCC1)N(C)C(=O)OCc1ccccc1. The molecule has 0 spiro atoms. The van der Waals surface area contributed by atoms with Gasteiger partial charge in [0.05, 0.1) is 12.1 Å². The van der Waals surface area contributed by atoms with Gasteiger partial charge in [-0.15, -0.1) is 0 Å². The van der Waals surface area contributed by atoms with Crippen LogP contribution in [0.4, 0.5) is 4.79 Å². The molecule has 1 saturated heterocycles. The molecule has 2 rings (SSSR count). The minimum atomic E-state index is -0.588. The molecule has 5 nitrogen and oxygen atoms in total. The number of likely N-dealkylation sites (N-methyl/N-ethyl adjacent to an activating group) is 1. The molecule has 2 unspecified atom stereocenters. The molecular formula is C17H26N2O3. The summed E-state index contributed by atoms with van der Waals surface area (Å²) in [6.07, 6.45) is 1.40. The van der Waals surface area contributed by atoms with Crippen molar-refractivity contribution < 1.29 is 14.6 Å². The highest BCUT2D eigenvalue weighted by atomic mass is 16.6. The van der Waals surface area contributed by atoms with E-state index < -0.39 is 12.2 Å². The van der Waals surface area contributed by atoms with Crippen molar-refractivity contribution in [3.63, 3.8) is 0 Å². The smallest absolute Gasteiger partial charge is 0.410 e. The number of amides is 1. The Morgan fingerprint density at radius 3 is 2.55 bits per heavy atom. The van der Waals surface area contributed by atoms with E-state index in [-0.39, 0.29) is 12.6 Å². The number of aliphatic hydroxyl groups excluding tert-OH is 1. The van der Waals surface area contributed by atoms with Crippen molar-refractivity contribution in [2.24, 2.45) is 0 Å². The van der Waals surface area contributed by atoms with E-state index in [1.165, 1.54) is 17.7 Å². The van der Waals surface area contributed by atoms with Crippen molar-refractivity contribution in [3.05, 3.63) is 35.9 Å². The Bertz CT molecular complexity index is 458. The van der Waals surface area contributed by atoms with Crippen LogP contribution in [0.15, 0.2) is 30.3 Å². The molecule has 0 aliphatic carbocycles. The van der Waals surface area contributed by atoms with Crippen LogP contribution in [0.2, 0.25) is 0 Å². The third-order valence-electron chi connectivity index (χ3n) is 4.19. The number of ether oxygens (including phenoxy) is 1. The first kappa shape index (κ1) is 16.8. The second-order valence-corrected chi connectivity index (χ2v) is 5.97. The molecule has 0 bridgehead atoms. The maximum atomic E-state index is 12.2. The van der Waals surface area contributed by atoms with Crippen molar-refractivity contribution in [3.8, 4) is 0 Å². The monoisotopic (exact) mass is 306 g/mol. The number of carbonyl (C=O) groups excluding carboxylic acids is 1. The van der Waals surface area contributed by atoms with Gasteiger partial charge in [0.1, 0.15) is 6.61 Å². The molecule has 1 aromatic rings. The minimum Gasteiger partial charge on any atom is -0.445 e. The van der Waals surface area contributed by atoms with Crippen molar-refractivity contribution in [2.75, 3.05) is 26.7 Å². The van der Waals surface area contributed by atoms with Crippen LogP contribution in [0.3, 0.4) is 0 Å². The fourth-order valence-electron chi connectivity index (χ4n) is 2.78. The van der Waals surface area contributed by atoms with Crippen LogP contribution >= 0.6 is 0 Å². The van der Waals surface area contributed by atoms with E-state index >= 15 is 0 Å². The second-order valence-electron chi connectivity index (χ2n) is 5.97. The summed E-state index contributed by atoms with van der Waals surface area (Å²) < 4.78 is 5.34. The van der Waals surface area contributed by atoms with E-state index in [1.807, 2.05) is 30.3 Å². The Morgan fingerprint density at radius 2 is 1.95 bits per heavy atom. The molecule has 0 saturated carbocycles. The number of rotatable bonds is 6. The van der Waals surface area contributed by atoms with Crippen LogP contribution in [0.1, 0.15) is 25.3 Å². The van der Waals surface area contributed by atoms with E-state index in [1.54, 1.807) is 14.0 Å². The zero-order valence-corrected chi connectivity index (χ0v) is 13.4. The van der Waals surface area contributed by atoms with Gasteiger partial charge in [-0.1, -0.05) is 30.3 Å². The summed E-state index contributed by atoms with van der Waals surface area (Å²) in [7, 11) is 1.70. The second kappa shape index (κ2) is 8.15. The first-order valence-electron chi connectivity index (χ1n) is 7.92. The van der Waals surface area contributed by atoms with Gasteiger partial charge in [-0.25, -0.2) is 4.79 Å². The summed E-state index contributed by atoms with van der Waals surface area (Å²) in [4.78, 5) is 16.0. The van der Waals surface area contributed by atoms with Gasteiger partial charge in [0.2, 0.25) is 0 Å². The summed E-state index contributed by atoms with van der Waals surface area (Å²) in [5, 5.41) is 10.0. The van der Waals surface area contributed by atoms with Crippen LogP contribution in [0, 0.1) is 0 Å². The third-order valence-corrected chi connectivity index (χ3v) is 4.19. The molecule has 2 atom stereocenters. The molecule has 1 fully saturated rings. The lowest BCUT2D eigenvalue weighted by Crippen LogP contribution is -2.50. The lowest BCUT2D eigenvalue weighted by Gasteiger charge is -2.32. The van der Waals surface area contributed by atoms with Gasteiger partial charge in [0.25, 0.3) is 0 Å². The lowest BCUT2D eigenvalue weighted by molar-refractivity contribution is 0.0366. The molecule has 0 aromatic heterocycles. The Labute approximate surface area is 132 Å². The maximum Gasteiger partial charge on any atom is 0.410 e. The van der Waals surface area contributed by atoms with E-state index in [2.05, 4.69) is 4.90 Å². The fourth-order valence-corrected chi connectivity index (χ4v) is 2.78. The molecule has 0 radical (unpaired) electrons. The fraction of sp³-hybridized carbons (Fsp3) is 0.588. The van der Waals surface area contributed by atoms with Gasteiger partial charge in [0, 0.05) is 13.6 Å². The number of hydrogen-bond acceptors (Lipinski definition) is 4. The van der Waals surface area contributed by atoms with E-state index in [0.717, 1.165) is 18.7 Å². The highest BCUT2D eigenvalue weighted by molar-refractivity contribution is 5.67. The Morgan fingerprint density at radius 1 is 1.32 bits per heavy atom. The molecule has 122 valence electrons. The van der Waals surface area contributed by atoms with Crippen LogP contribution in [0.5, 0.6) is 0 Å². The number of carbonyl (C=O) groups is 1. The highest BCUT2D eigenvalue weighted by Gasteiger charge is 2.28. The predicted molar refractivity (Wildman–Crippen MR) is 85.5 cm³/mol. The Balaban J connectivity index is 1.88. The van der Waals surface area contributed by atoms with Crippen LogP contribution in [0.25, 0.3) is 0 Å². The van der Waals surface area contributed by atoms with Crippen molar-refractivity contribution in [1.82, 2.24) is 9.80 Å².